The van der Waals surface area contributed by atoms with Crippen molar-refractivity contribution < 1.29 is 19.5 Å². The maximum atomic E-state index is 12.6. The molecule has 2 amide bonds. The Labute approximate surface area is 173 Å². The molecule has 0 saturated carbocycles. The zero-order chi connectivity index (χ0) is 21.7. The Bertz CT molecular complexity index is 1090. The summed E-state index contributed by atoms with van der Waals surface area (Å²) in [6, 6.07) is 10.2. The maximum Gasteiger partial charge on any atom is 0.335 e. The Kier molecular flexibility index (Phi) is 6.46. The number of carbonyl (C=O) groups is 3. The van der Waals surface area contributed by atoms with Crippen LogP contribution in [0.4, 0.5) is 0 Å². The number of carboxylic acid groups (broad SMARTS) is 1. The molecule has 156 valence electrons. The molecule has 0 aliphatic rings. The van der Waals surface area contributed by atoms with E-state index in [1.54, 1.807) is 23.5 Å². The van der Waals surface area contributed by atoms with Crippen LogP contribution >= 0.6 is 0 Å². The molecule has 2 heterocycles. The van der Waals surface area contributed by atoms with E-state index in [1.165, 1.54) is 12.1 Å². The average molecular weight is 408 g/mol. The lowest BCUT2D eigenvalue weighted by molar-refractivity contribution is -0.121. The second-order valence-corrected chi connectivity index (χ2v) is 7.07. The molecule has 0 radical (unpaired) electrons. The number of imidazole rings is 1. The fourth-order valence-corrected chi connectivity index (χ4v) is 3.18. The van der Waals surface area contributed by atoms with Gasteiger partial charge in [-0.2, -0.15) is 0 Å². The number of carboxylic acids is 1. The summed E-state index contributed by atoms with van der Waals surface area (Å²) in [5.74, 6) is -1.33. The molecule has 3 N–H and O–H groups in total. The molecule has 2 aromatic heterocycles. The highest BCUT2D eigenvalue weighted by atomic mass is 16.4. The van der Waals surface area contributed by atoms with E-state index in [1.807, 2.05) is 25.3 Å². The first-order valence-electron chi connectivity index (χ1n) is 9.68. The number of aromatic nitrogens is 2. The first-order chi connectivity index (χ1) is 14.4. The SMILES string of the molecule is Cc1nc2c(C)cccn2c1C(=O)NCCCC(=O)NCc1ccc(C(=O)O)cc1. The number of fused-ring (bicyclic) bond motifs is 1. The number of amides is 2. The summed E-state index contributed by atoms with van der Waals surface area (Å²) in [7, 11) is 0. The minimum absolute atomic E-state index is 0.131. The molecule has 0 saturated heterocycles. The van der Waals surface area contributed by atoms with E-state index < -0.39 is 5.97 Å². The van der Waals surface area contributed by atoms with Gasteiger partial charge in [0.05, 0.1) is 11.3 Å². The molecular weight excluding hydrogens is 384 g/mol. The van der Waals surface area contributed by atoms with Crippen LogP contribution < -0.4 is 10.6 Å². The predicted molar refractivity (Wildman–Crippen MR) is 111 cm³/mol. The van der Waals surface area contributed by atoms with E-state index in [0.29, 0.717) is 30.9 Å². The second-order valence-electron chi connectivity index (χ2n) is 7.07. The van der Waals surface area contributed by atoms with E-state index in [0.717, 1.165) is 16.8 Å². The number of carbonyl (C=O) groups excluding carboxylic acids is 2. The molecule has 0 bridgehead atoms. The minimum atomic E-state index is -0.984. The zero-order valence-electron chi connectivity index (χ0n) is 16.9. The van der Waals surface area contributed by atoms with Crippen molar-refractivity contribution in [3.05, 3.63) is 70.7 Å². The molecule has 0 aliphatic carbocycles. The van der Waals surface area contributed by atoms with Gasteiger partial charge < -0.3 is 15.7 Å². The highest BCUT2D eigenvalue weighted by Gasteiger charge is 2.17. The van der Waals surface area contributed by atoms with Crippen molar-refractivity contribution in [2.24, 2.45) is 0 Å². The smallest absolute Gasteiger partial charge is 0.335 e. The standard InChI is InChI=1S/C22H24N4O4/c1-14-5-4-12-26-19(15(2)25-20(14)26)21(28)23-11-3-6-18(27)24-13-16-7-9-17(10-8-16)22(29)30/h4-5,7-10,12H,3,6,11,13H2,1-2H3,(H,23,28)(H,24,27)(H,29,30). The number of nitrogens with one attached hydrogen (secondary N) is 2. The van der Waals surface area contributed by atoms with Crippen molar-refractivity contribution in [2.45, 2.75) is 33.2 Å². The number of pyridine rings is 1. The lowest BCUT2D eigenvalue weighted by Gasteiger charge is -2.08. The Balaban J connectivity index is 1.44. The van der Waals surface area contributed by atoms with Gasteiger partial charge in [0.1, 0.15) is 11.3 Å². The Morgan fingerprint density at radius 3 is 2.50 bits per heavy atom. The van der Waals surface area contributed by atoms with Crippen LogP contribution in [0.5, 0.6) is 0 Å². The molecule has 3 aromatic rings. The van der Waals surface area contributed by atoms with Crippen LogP contribution in [0.3, 0.4) is 0 Å². The van der Waals surface area contributed by atoms with E-state index in [4.69, 9.17) is 5.11 Å². The average Bonchev–Trinajstić information content (AvgIpc) is 3.07. The maximum absolute atomic E-state index is 12.6. The molecule has 8 nitrogen and oxygen atoms in total. The Hall–Kier alpha value is -3.68. The molecule has 0 atom stereocenters. The van der Waals surface area contributed by atoms with Crippen LogP contribution in [0, 0.1) is 13.8 Å². The number of aryl methyl sites for hydroxylation is 2. The monoisotopic (exact) mass is 408 g/mol. The minimum Gasteiger partial charge on any atom is -0.478 e. The molecule has 30 heavy (non-hydrogen) atoms. The fraction of sp³-hybridized carbons (Fsp3) is 0.273. The third-order valence-electron chi connectivity index (χ3n) is 4.79. The van der Waals surface area contributed by atoms with Crippen molar-refractivity contribution >= 4 is 23.4 Å². The van der Waals surface area contributed by atoms with Crippen molar-refractivity contribution in [1.82, 2.24) is 20.0 Å². The van der Waals surface area contributed by atoms with Gasteiger partial charge in [-0.15, -0.1) is 0 Å². The lowest BCUT2D eigenvalue weighted by Crippen LogP contribution is -2.28. The quantitative estimate of drug-likeness (QED) is 0.496. The van der Waals surface area contributed by atoms with Crippen molar-refractivity contribution in [3.8, 4) is 0 Å². The molecule has 1 aromatic carbocycles. The summed E-state index contributed by atoms with van der Waals surface area (Å²) in [5.41, 5.74) is 3.94. The first kappa shape index (κ1) is 21.0. The van der Waals surface area contributed by atoms with Gasteiger partial charge in [-0.3, -0.25) is 14.0 Å². The van der Waals surface area contributed by atoms with E-state index >= 15 is 0 Å². The van der Waals surface area contributed by atoms with Gasteiger partial charge in [0.15, 0.2) is 0 Å². The summed E-state index contributed by atoms with van der Waals surface area (Å²) in [6.45, 7) is 4.45. The number of hydrogen-bond acceptors (Lipinski definition) is 4. The Morgan fingerprint density at radius 1 is 1.07 bits per heavy atom. The predicted octanol–water partition coefficient (Wildman–Crippen LogP) is 2.48. The normalized spacial score (nSPS) is 10.7. The van der Waals surface area contributed by atoms with E-state index in [-0.39, 0.29) is 23.8 Å². The van der Waals surface area contributed by atoms with Crippen LogP contribution in [0.1, 0.15) is 50.5 Å². The third-order valence-corrected chi connectivity index (χ3v) is 4.79. The van der Waals surface area contributed by atoms with E-state index in [9.17, 15) is 14.4 Å². The number of hydrogen-bond donors (Lipinski definition) is 3. The van der Waals surface area contributed by atoms with Gasteiger partial charge in [0.2, 0.25) is 5.91 Å². The summed E-state index contributed by atoms with van der Waals surface area (Å²) >= 11 is 0. The van der Waals surface area contributed by atoms with Crippen LogP contribution in [0.15, 0.2) is 42.6 Å². The first-order valence-corrected chi connectivity index (χ1v) is 9.68. The second kappa shape index (κ2) is 9.21. The summed E-state index contributed by atoms with van der Waals surface area (Å²) in [5, 5.41) is 14.5. The van der Waals surface area contributed by atoms with Crippen molar-refractivity contribution in [2.75, 3.05) is 6.54 Å². The number of rotatable bonds is 8. The summed E-state index contributed by atoms with van der Waals surface area (Å²) in [6.07, 6.45) is 2.59. The summed E-state index contributed by atoms with van der Waals surface area (Å²) < 4.78 is 1.78. The number of nitrogens with zero attached hydrogens (tertiary/aromatic N) is 2. The Morgan fingerprint density at radius 2 is 1.80 bits per heavy atom. The molecule has 0 spiro atoms. The van der Waals surface area contributed by atoms with E-state index in [2.05, 4.69) is 15.6 Å². The lowest BCUT2D eigenvalue weighted by atomic mass is 10.1. The van der Waals surface area contributed by atoms with Crippen LogP contribution in [-0.2, 0) is 11.3 Å². The van der Waals surface area contributed by atoms with Gasteiger partial charge in [-0.1, -0.05) is 18.2 Å². The topological polar surface area (TPSA) is 113 Å². The molecule has 0 aliphatic heterocycles. The third kappa shape index (κ3) is 4.83. The van der Waals surface area contributed by atoms with Crippen LogP contribution in [-0.4, -0.2) is 38.8 Å². The molecular formula is C22H24N4O4. The zero-order valence-corrected chi connectivity index (χ0v) is 16.9. The fourth-order valence-electron chi connectivity index (χ4n) is 3.18. The molecule has 3 rings (SSSR count). The van der Waals surface area contributed by atoms with Gasteiger partial charge in [-0.05, 0) is 49.6 Å². The molecule has 8 heteroatoms. The van der Waals surface area contributed by atoms with Gasteiger partial charge in [0.25, 0.3) is 5.91 Å². The molecule has 0 fully saturated rings. The highest BCUT2D eigenvalue weighted by molar-refractivity contribution is 5.94. The van der Waals surface area contributed by atoms with Crippen molar-refractivity contribution in [1.29, 1.82) is 0 Å². The van der Waals surface area contributed by atoms with Gasteiger partial charge in [0, 0.05) is 25.7 Å². The van der Waals surface area contributed by atoms with Gasteiger partial charge >= 0.3 is 5.97 Å². The largest absolute Gasteiger partial charge is 0.478 e. The van der Waals surface area contributed by atoms with Crippen LogP contribution in [0.25, 0.3) is 5.65 Å². The summed E-state index contributed by atoms with van der Waals surface area (Å²) in [4.78, 5) is 39.9. The van der Waals surface area contributed by atoms with Crippen molar-refractivity contribution in [3.63, 3.8) is 0 Å². The van der Waals surface area contributed by atoms with Gasteiger partial charge in [-0.25, -0.2) is 9.78 Å². The number of aromatic carboxylic acids is 1. The highest BCUT2D eigenvalue weighted by Crippen LogP contribution is 2.15. The number of benzene rings is 1. The van der Waals surface area contributed by atoms with Crippen LogP contribution in [0.2, 0.25) is 0 Å². The molecule has 0 unspecified atom stereocenters.